The van der Waals surface area contributed by atoms with E-state index < -0.39 is 12.2 Å². The van der Waals surface area contributed by atoms with Crippen LogP contribution < -0.4 is 5.32 Å². The van der Waals surface area contributed by atoms with E-state index in [0.717, 1.165) is 25.5 Å². The largest absolute Gasteiger partial charge is 0.466 e. The molecule has 5 heteroatoms. The minimum atomic E-state index is -1.59. The third-order valence-electron chi connectivity index (χ3n) is 2.16. The highest BCUT2D eigenvalue weighted by molar-refractivity contribution is 5.83. The lowest BCUT2D eigenvalue weighted by Crippen LogP contribution is -2.41. The van der Waals surface area contributed by atoms with Crippen LogP contribution in [0, 0.1) is 0 Å². The minimum Gasteiger partial charge on any atom is -0.466 e. The van der Waals surface area contributed by atoms with E-state index in [1.54, 1.807) is 6.08 Å². The summed E-state index contributed by atoms with van der Waals surface area (Å²) in [6.45, 7) is 7.33. The third-order valence-corrected chi connectivity index (χ3v) is 2.16. The summed E-state index contributed by atoms with van der Waals surface area (Å²) in [7, 11) is 1.14. The van der Waals surface area contributed by atoms with Crippen molar-refractivity contribution in [1.29, 1.82) is 0 Å². The van der Waals surface area contributed by atoms with Crippen molar-refractivity contribution < 1.29 is 19.4 Å². The van der Waals surface area contributed by atoms with Gasteiger partial charge in [-0.25, -0.2) is 4.79 Å². The number of allylic oxidation sites excluding steroid dienone is 2. The maximum atomic E-state index is 11.3. The van der Waals surface area contributed by atoms with Gasteiger partial charge in [-0.3, -0.25) is 4.79 Å². The molecule has 0 fully saturated rings. The van der Waals surface area contributed by atoms with E-state index in [4.69, 9.17) is 5.11 Å². The van der Waals surface area contributed by atoms with Crippen LogP contribution in [0.1, 0.15) is 25.7 Å². The summed E-state index contributed by atoms with van der Waals surface area (Å²) in [6.07, 6.45) is 2.60. The van der Waals surface area contributed by atoms with E-state index >= 15 is 0 Å². The molecule has 17 heavy (non-hydrogen) atoms. The molecule has 0 heterocycles. The van der Waals surface area contributed by atoms with Gasteiger partial charge in [0.2, 0.25) is 12.1 Å². The molecule has 0 bridgehead atoms. The predicted octanol–water partition coefficient (Wildman–Crippen LogP) is 0.897. The quantitative estimate of drug-likeness (QED) is 0.286. The lowest BCUT2D eigenvalue weighted by atomic mass is 10.1. The summed E-state index contributed by atoms with van der Waals surface area (Å²) >= 11 is 0. The van der Waals surface area contributed by atoms with Crippen LogP contribution in [0.15, 0.2) is 24.8 Å². The number of ether oxygens (including phenoxy) is 1. The molecular weight excluding hydrogens is 222 g/mol. The first-order chi connectivity index (χ1) is 8.01. The molecule has 96 valence electrons. The molecule has 0 aliphatic rings. The number of rotatable bonds is 8. The lowest BCUT2D eigenvalue weighted by molar-refractivity contribution is -0.154. The van der Waals surface area contributed by atoms with Crippen molar-refractivity contribution in [1.82, 2.24) is 5.32 Å². The van der Waals surface area contributed by atoms with Crippen molar-refractivity contribution in [3.63, 3.8) is 0 Å². The van der Waals surface area contributed by atoms with Gasteiger partial charge in [-0.2, -0.15) is 0 Å². The number of esters is 1. The molecule has 0 aliphatic heterocycles. The molecule has 5 nitrogen and oxygen atoms in total. The molecule has 0 radical (unpaired) electrons. The predicted molar refractivity (Wildman–Crippen MR) is 64.0 cm³/mol. The van der Waals surface area contributed by atoms with E-state index in [1.165, 1.54) is 0 Å². The Labute approximate surface area is 101 Å². The molecule has 0 spiro atoms. The number of aliphatic hydroxyl groups is 1. The number of carbonyl (C=O) groups is 2. The average Bonchev–Trinajstić information content (AvgIpc) is 2.32. The molecule has 1 unspecified atom stereocenters. The summed E-state index contributed by atoms with van der Waals surface area (Å²) in [5, 5.41) is 11.3. The monoisotopic (exact) mass is 241 g/mol. The number of carbonyl (C=O) groups excluding carboxylic acids is 2. The number of aliphatic hydroxyl groups excluding tert-OH is 1. The number of methoxy groups -OCH3 is 1. The zero-order chi connectivity index (χ0) is 13.3. The first kappa shape index (κ1) is 15.4. The normalized spacial score (nSPS) is 11.4. The molecule has 0 rings (SSSR count). The van der Waals surface area contributed by atoms with Crippen molar-refractivity contribution in [3.8, 4) is 0 Å². The zero-order valence-corrected chi connectivity index (χ0v) is 10.1. The molecule has 0 saturated carbocycles. The topological polar surface area (TPSA) is 75.6 Å². The molecule has 0 saturated heterocycles. The number of unbranched alkanes of at least 4 members (excludes halogenated alkanes) is 1. The Hall–Kier alpha value is -1.62. The van der Waals surface area contributed by atoms with Gasteiger partial charge in [0.05, 0.1) is 7.11 Å². The summed E-state index contributed by atoms with van der Waals surface area (Å²) < 4.78 is 4.26. The number of amides is 1. The molecule has 2 N–H and O–H groups in total. The average molecular weight is 241 g/mol. The number of hydrogen-bond donors (Lipinski definition) is 2. The number of nitrogens with one attached hydrogen (secondary N) is 1. The Balaban J connectivity index is 3.70. The minimum absolute atomic E-state index is 0.248. The van der Waals surface area contributed by atoms with Crippen LogP contribution in [0.25, 0.3) is 0 Å². The number of hydrogen-bond acceptors (Lipinski definition) is 4. The van der Waals surface area contributed by atoms with E-state index in [1.807, 2.05) is 0 Å². The van der Waals surface area contributed by atoms with Gasteiger partial charge in [-0.05, 0) is 19.3 Å². The fraction of sp³-hybridized carbons (Fsp3) is 0.500. The van der Waals surface area contributed by atoms with Crippen molar-refractivity contribution in [2.75, 3.05) is 7.11 Å². The Morgan fingerprint density at radius 3 is 2.53 bits per heavy atom. The SMILES string of the molecule is C=CC(=C)CCCCC(=O)NC(O)C(=O)OC. The van der Waals surface area contributed by atoms with E-state index in [-0.39, 0.29) is 12.3 Å². The molecule has 0 aliphatic carbocycles. The Morgan fingerprint density at radius 2 is 2.00 bits per heavy atom. The Bertz CT molecular complexity index is 299. The van der Waals surface area contributed by atoms with Crippen LogP contribution in [-0.4, -0.2) is 30.3 Å². The van der Waals surface area contributed by atoms with Gasteiger partial charge in [-0.15, -0.1) is 0 Å². The summed E-state index contributed by atoms with van der Waals surface area (Å²) in [5.74, 6) is -1.26. The van der Waals surface area contributed by atoms with Crippen LogP contribution in [0.2, 0.25) is 0 Å². The second kappa shape index (κ2) is 8.52. The smallest absolute Gasteiger partial charge is 0.356 e. The van der Waals surface area contributed by atoms with E-state index in [0.29, 0.717) is 6.42 Å². The van der Waals surface area contributed by atoms with Crippen molar-refractivity contribution in [3.05, 3.63) is 24.8 Å². The van der Waals surface area contributed by atoms with Gasteiger partial charge in [-0.1, -0.05) is 24.8 Å². The maximum absolute atomic E-state index is 11.3. The molecule has 0 aromatic rings. The summed E-state index contributed by atoms with van der Waals surface area (Å²) in [4.78, 5) is 22.1. The third kappa shape index (κ3) is 7.30. The molecule has 1 atom stereocenters. The van der Waals surface area contributed by atoms with E-state index in [2.05, 4.69) is 23.2 Å². The zero-order valence-electron chi connectivity index (χ0n) is 10.1. The van der Waals surface area contributed by atoms with Gasteiger partial charge in [0.15, 0.2) is 0 Å². The molecule has 0 aromatic heterocycles. The van der Waals surface area contributed by atoms with E-state index in [9.17, 15) is 9.59 Å². The Kier molecular flexibility index (Phi) is 7.71. The Morgan fingerprint density at radius 1 is 1.41 bits per heavy atom. The molecule has 0 aromatic carbocycles. The van der Waals surface area contributed by atoms with Crippen LogP contribution in [0.4, 0.5) is 0 Å². The first-order valence-corrected chi connectivity index (χ1v) is 5.36. The lowest BCUT2D eigenvalue weighted by Gasteiger charge is -2.10. The molecule has 1 amide bonds. The van der Waals surface area contributed by atoms with Gasteiger partial charge < -0.3 is 15.2 Å². The standard InChI is InChI=1S/C12H19NO4/c1-4-9(2)7-5-6-8-10(14)13-11(15)12(16)17-3/h4,11,15H,1-2,5-8H2,3H3,(H,13,14). The summed E-state index contributed by atoms with van der Waals surface area (Å²) in [6, 6.07) is 0. The van der Waals surface area contributed by atoms with Crippen molar-refractivity contribution in [2.45, 2.75) is 31.9 Å². The van der Waals surface area contributed by atoms with Gasteiger partial charge in [0.25, 0.3) is 0 Å². The van der Waals surface area contributed by atoms with Gasteiger partial charge in [0.1, 0.15) is 0 Å². The molecular formula is C12H19NO4. The van der Waals surface area contributed by atoms with Crippen molar-refractivity contribution >= 4 is 11.9 Å². The van der Waals surface area contributed by atoms with Crippen LogP contribution in [-0.2, 0) is 14.3 Å². The first-order valence-electron chi connectivity index (χ1n) is 5.36. The van der Waals surface area contributed by atoms with Crippen molar-refractivity contribution in [2.24, 2.45) is 0 Å². The highest BCUT2D eigenvalue weighted by Crippen LogP contribution is 2.07. The highest BCUT2D eigenvalue weighted by atomic mass is 16.5. The van der Waals surface area contributed by atoms with Gasteiger partial charge >= 0.3 is 5.97 Å². The maximum Gasteiger partial charge on any atom is 0.356 e. The fourth-order valence-corrected chi connectivity index (χ4v) is 1.13. The summed E-state index contributed by atoms with van der Waals surface area (Å²) in [5.41, 5.74) is 0.931. The highest BCUT2D eigenvalue weighted by Gasteiger charge is 2.17. The van der Waals surface area contributed by atoms with Gasteiger partial charge in [0, 0.05) is 6.42 Å². The fourth-order valence-electron chi connectivity index (χ4n) is 1.13. The van der Waals surface area contributed by atoms with Crippen LogP contribution >= 0.6 is 0 Å². The second-order valence-corrected chi connectivity index (χ2v) is 3.56. The van der Waals surface area contributed by atoms with Crippen LogP contribution in [0.5, 0.6) is 0 Å². The van der Waals surface area contributed by atoms with Crippen LogP contribution in [0.3, 0.4) is 0 Å². The second-order valence-electron chi connectivity index (χ2n) is 3.56.